The monoisotopic (exact) mass is 234 g/mol. The molecule has 0 radical (unpaired) electrons. The van der Waals surface area contributed by atoms with E-state index in [0.29, 0.717) is 19.3 Å². The van der Waals surface area contributed by atoms with Crippen LogP contribution in [0.1, 0.15) is 19.3 Å². The number of hydrogen-bond acceptors (Lipinski definition) is 3. The van der Waals surface area contributed by atoms with Crippen molar-refractivity contribution >= 4 is 18.1 Å². The lowest BCUT2D eigenvalue weighted by Crippen LogP contribution is -2.45. The number of rotatable bonds is 8. The molecule has 0 spiro atoms. The van der Waals surface area contributed by atoms with Crippen LogP contribution in [0.4, 0.5) is 0 Å². The highest BCUT2D eigenvalue weighted by atomic mass is 16.2. The van der Waals surface area contributed by atoms with Crippen LogP contribution in [0.25, 0.3) is 0 Å². The molecule has 5 nitrogen and oxygen atoms in total. The van der Waals surface area contributed by atoms with Gasteiger partial charge < -0.3 is 10.6 Å². The molecule has 1 atom stereocenters. The Bertz CT molecular complexity index is 363. The number of Topliss-reactive ketones (excluding diaryl/α,β-unsaturated/α-hetero) is 1. The average molecular weight is 234 g/mol. The molecule has 2 amide bonds. The van der Waals surface area contributed by atoms with E-state index in [1.807, 2.05) is 0 Å². The first kappa shape index (κ1) is 14.7. The van der Waals surface area contributed by atoms with Crippen LogP contribution >= 0.6 is 0 Å². The summed E-state index contributed by atoms with van der Waals surface area (Å²) in [6.45, 7) is 0.226. The summed E-state index contributed by atoms with van der Waals surface area (Å²) in [5.74, 6) is 3.18. The van der Waals surface area contributed by atoms with E-state index in [9.17, 15) is 14.4 Å². The Morgan fingerprint density at radius 1 is 1.24 bits per heavy atom. The summed E-state index contributed by atoms with van der Waals surface area (Å²) >= 11 is 0. The zero-order valence-corrected chi connectivity index (χ0v) is 9.36. The standard InChI is InChI=1S/C12H14N2O3/c1-3-5-7-10(14-9-15)11(16)12(17)13-8-6-4-2/h1-2,9-10H,5-8H2,(H,13,17)(H,14,15). The largest absolute Gasteiger partial charge is 0.348 e. The molecule has 17 heavy (non-hydrogen) atoms. The second kappa shape index (κ2) is 8.99. The Labute approximate surface area is 100 Å². The summed E-state index contributed by atoms with van der Waals surface area (Å²) in [4.78, 5) is 33.2. The molecule has 0 saturated carbocycles. The Balaban J connectivity index is 4.29. The lowest BCUT2D eigenvalue weighted by atomic mass is 10.1. The highest BCUT2D eigenvalue weighted by molar-refractivity contribution is 6.38. The highest BCUT2D eigenvalue weighted by Crippen LogP contribution is 1.97. The van der Waals surface area contributed by atoms with Crippen LogP contribution in [-0.2, 0) is 14.4 Å². The molecule has 0 heterocycles. The summed E-state index contributed by atoms with van der Waals surface area (Å²) in [6.07, 6.45) is 11.3. The minimum absolute atomic E-state index is 0.226. The molecule has 0 aliphatic carbocycles. The first-order chi connectivity index (χ1) is 8.17. The Hall–Kier alpha value is -2.27. The fraction of sp³-hybridized carbons (Fsp3) is 0.417. The molecular weight excluding hydrogens is 220 g/mol. The molecule has 0 aromatic rings. The van der Waals surface area contributed by atoms with Crippen molar-refractivity contribution in [1.29, 1.82) is 0 Å². The van der Waals surface area contributed by atoms with Gasteiger partial charge >= 0.3 is 0 Å². The van der Waals surface area contributed by atoms with Crippen LogP contribution in [0.15, 0.2) is 0 Å². The third-order valence-corrected chi connectivity index (χ3v) is 1.94. The quantitative estimate of drug-likeness (QED) is 0.250. The predicted octanol–water partition coefficient (Wildman–Crippen LogP) is -0.777. The van der Waals surface area contributed by atoms with E-state index >= 15 is 0 Å². The number of amides is 2. The van der Waals surface area contributed by atoms with E-state index in [2.05, 4.69) is 22.5 Å². The van der Waals surface area contributed by atoms with Crippen molar-refractivity contribution in [2.24, 2.45) is 0 Å². The smallest absolute Gasteiger partial charge is 0.289 e. The van der Waals surface area contributed by atoms with Gasteiger partial charge in [-0.25, -0.2) is 0 Å². The maximum atomic E-state index is 11.6. The normalized spacial score (nSPS) is 10.5. The predicted molar refractivity (Wildman–Crippen MR) is 62.5 cm³/mol. The number of terminal acetylenes is 2. The number of carbonyl (C=O) groups is 3. The van der Waals surface area contributed by atoms with Crippen molar-refractivity contribution in [3.8, 4) is 24.7 Å². The zero-order chi connectivity index (χ0) is 13.1. The summed E-state index contributed by atoms with van der Waals surface area (Å²) in [7, 11) is 0. The average Bonchev–Trinajstić information content (AvgIpc) is 2.33. The molecule has 0 fully saturated rings. The van der Waals surface area contributed by atoms with Crippen LogP contribution in [-0.4, -0.2) is 30.7 Å². The van der Waals surface area contributed by atoms with E-state index in [4.69, 9.17) is 12.8 Å². The zero-order valence-electron chi connectivity index (χ0n) is 9.36. The first-order valence-corrected chi connectivity index (χ1v) is 5.06. The number of carbonyl (C=O) groups excluding carboxylic acids is 3. The van der Waals surface area contributed by atoms with E-state index in [-0.39, 0.29) is 13.0 Å². The van der Waals surface area contributed by atoms with Crippen LogP contribution in [0.3, 0.4) is 0 Å². The second-order valence-corrected chi connectivity index (χ2v) is 3.15. The van der Waals surface area contributed by atoms with Gasteiger partial charge in [-0.3, -0.25) is 14.4 Å². The fourth-order valence-electron chi connectivity index (χ4n) is 1.09. The van der Waals surface area contributed by atoms with Crippen molar-refractivity contribution in [3.05, 3.63) is 0 Å². The van der Waals surface area contributed by atoms with E-state index in [1.54, 1.807) is 0 Å². The molecule has 0 aromatic heterocycles. The summed E-state index contributed by atoms with van der Waals surface area (Å²) in [5, 5.41) is 4.62. The SMILES string of the molecule is C#CCCNC(=O)C(=O)C(CCC#C)NC=O. The lowest BCUT2D eigenvalue weighted by molar-refractivity contribution is -0.139. The maximum absolute atomic E-state index is 11.6. The van der Waals surface area contributed by atoms with Crippen LogP contribution in [0.2, 0.25) is 0 Å². The molecule has 0 bridgehead atoms. The molecule has 0 rings (SSSR count). The summed E-state index contributed by atoms with van der Waals surface area (Å²) in [5.41, 5.74) is 0. The maximum Gasteiger partial charge on any atom is 0.289 e. The van der Waals surface area contributed by atoms with Gasteiger partial charge in [-0.05, 0) is 6.42 Å². The van der Waals surface area contributed by atoms with Crippen molar-refractivity contribution in [2.45, 2.75) is 25.3 Å². The van der Waals surface area contributed by atoms with Gasteiger partial charge in [0.05, 0.1) is 6.04 Å². The fourth-order valence-corrected chi connectivity index (χ4v) is 1.09. The van der Waals surface area contributed by atoms with Gasteiger partial charge in [0.1, 0.15) is 0 Å². The van der Waals surface area contributed by atoms with Crippen molar-refractivity contribution in [1.82, 2.24) is 10.6 Å². The van der Waals surface area contributed by atoms with Crippen molar-refractivity contribution in [2.75, 3.05) is 6.54 Å². The third kappa shape index (κ3) is 6.01. The van der Waals surface area contributed by atoms with Crippen molar-refractivity contribution in [3.63, 3.8) is 0 Å². The Morgan fingerprint density at radius 3 is 2.41 bits per heavy atom. The van der Waals surface area contributed by atoms with E-state index in [1.165, 1.54) is 0 Å². The highest BCUT2D eigenvalue weighted by Gasteiger charge is 2.23. The summed E-state index contributed by atoms with van der Waals surface area (Å²) < 4.78 is 0. The molecular formula is C12H14N2O3. The van der Waals surface area contributed by atoms with Gasteiger partial charge in [-0.1, -0.05) is 0 Å². The van der Waals surface area contributed by atoms with Gasteiger partial charge in [0, 0.05) is 19.4 Å². The summed E-state index contributed by atoms with van der Waals surface area (Å²) in [6, 6.07) is -0.880. The molecule has 90 valence electrons. The second-order valence-electron chi connectivity index (χ2n) is 3.15. The topological polar surface area (TPSA) is 75.3 Å². The Kier molecular flexibility index (Phi) is 7.79. The molecule has 0 saturated heterocycles. The molecule has 2 N–H and O–H groups in total. The third-order valence-electron chi connectivity index (χ3n) is 1.94. The van der Waals surface area contributed by atoms with Gasteiger partial charge in [0.25, 0.3) is 5.91 Å². The van der Waals surface area contributed by atoms with Crippen LogP contribution in [0, 0.1) is 24.7 Å². The molecule has 5 heteroatoms. The minimum atomic E-state index is -0.880. The molecule has 0 aromatic carbocycles. The first-order valence-electron chi connectivity index (χ1n) is 5.06. The van der Waals surface area contributed by atoms with Gasteiger partial charge in [0.2, 0.25) is 12.2 Å². The van der Waals surface area contributed by atoms with E-state index < -0.39 is 17.7 Å². The van der Waals surface area contributed by atoms with Crippen molar-refractivity contribution < 1.29 is 14.4 Å². The van der Waals surface area contributed by atoms with Crippen LogP contribution in [0.5, 0.6) is 0 Å². The van der Waals surface area contributed by atoms with Gasteiger partial charge in [-0.2, -0.15) is 0 Å². The van der Waals surface area contributed by atoms with Gasteiger partial charge in [-0.15, -0.1) is 24.7 Å². The van der Waals surface area contributed by atoms with Crippen LogP contribution < -0.4 is 10.6 Å². The molecule has 0 aliphatic rings. The lowest BCUT2D eigenvalue weighted by Gasteiger charge is -2.12. The molecule has 0 aliphatic heterocycles. The number of ketones is 1. The Morgan fingerprint density at radius 2 is 1.88 bits per heavy atom. The molecule has 1 unspecified atom stereocenters. The number of nitrogens with one attached hydrogen (secondary N) is 2. The number of hydrogen-bond donors (Lipinski definition) is 2. The van der Waals surface area contributed by atoms with Gasteiger partial charge in [0.15, 0.2) is 0 Å². The minimum Gasteiger partial charge on any atom is -0.348 e. The van der Waals surface area contributed by atoms with E-state index in [0.717, 1.165) is 0 Å².